The van der Waals surface area contributed by atoms with Gasteiger partial charge < -0.3 is 10.2 Å². The maximum absolute atomic E-state index is 12.5. The summed E-state index contributed by atoms with van der Waals surface area (Å²) in [5, 5.41) is 3.42. The summed E-state index contributed by atoms with van der Waals surface area (Å²) >= 11 is 5.81. The minimum atomic E-state index is -3.73. The molecule has 1 aliphatic rings. The molecule has 28 heavy (non-hydrogen) atoms. The number of carbonyl (C=O) groups is 1. The fraction of sp³-hybridized carbons (Fsp3) is 0.350. The van der Waals surface area contributed by atoms with Crippen LogP contribution in [0.25, 0.3) is 0 Å². The van der Waals surface area contributed by atoms with Crippen LogP contribution in [0.2, 0.25) is 5.02 Å². The molecule has 8 heteroatoms. The van der Waals surface area contributed by atoms with E-state index in [-0.39, 0.29) is 10.8 Å². The Balaban J connectivity index is 1.52. The lowest BCUT2D eigenvalue weighted by Crippen LogP contribution is -3.10. The lowest BCUT2D eigenvalue weighted by Gasteiger charge is -2.12. The van der Waals surface area contributed by atoms with Gasteiger partial charge in [0.05, 0.1) is 24.5 Å². The molecule has 1 saturated heterocycles. The Labute approximate surface area is 170 Å². The van der Waals surface area contributed by atoms with Crippen molar-refractivity contribution < 1.29 is 18.1 Å². The quantitative estimate of drug-likeness (QED) is 0.569. The molecule has 0 radical (unpaired) electrons. The van der Waals surface area contributed by atoms with Crippen molar-refractivity contribution in [3.05, 3.63) is 59.1 Å². The van der Waals surface area contributed by atoms with Gasteiger partial charge in [-0.1, -0.05) is 11.6 Å². The highest BCUT2D eigenvalue weighted by Crippen LogP contribution is 2.18. The normalized spacial score (nSPS) is 14.8. The van der Waals surface area contributed by atoms with Gasteiger partial charge in [0, 0.05) is 42.1 Å². The van der Waals surface area contributed by atoms with Gasteiger partial charge in [-0.25, -0.2) is 8.42 Å². The molecule has 6 nitrogen and oxygen atoms in total. The largest absolute Gasteiger partial charge is 0.352 e. The predicted octanol–water partition coefficient (Wildman–Crippen LogP) is 1.94. The van der Waals surface area contributed by atoms with Crippen molar-refractivity contribution in [2.24, 2.45) is 0 Å². The smallest absolute Gasteiger partial charge is 0.261 e. The van der Waals surface area contributed by atoms with Crippen molar-refractivity contribution in [2.75, 3.05) is 30.9 Å². The summed E-state index contributed by atoms with van der Waals surface area (Å²) in [7, 11) is -3.73. The minimum Gasteiger partial charge on any atom is -0.352 e. The van der Waals surface area contributed by atoms with E-state index in [2.05, 4.69) is 10.0 Å². The first kappa shape index (κ1) is 20.6. The molecule has 0 aliphatic carbocycles. The summed E-state index contributed by atoms with van der Waals surface area (Å²) in [6.07, 6.45) is 3.53. The van der Waals surface area contributed by atoms with Crippen molar-refractivity contribution in [1.82, 2.24) is 5.32 Å². The summed E-state index contributed by atoms with van der Waals surface area (Å²) < 4.78 is 27.4. The number of hydrogen-bond acceptors (Lipinski definition) is 3. The molecule has 0 aromatic heterocycles. The summed E-state index contributed by atoms with van der Waals surface area (Å²) in [6.45, 7) is 4.16. The molecule has 0 bridgehead atoms. The molecule has 1 fully saturated rings. The number of sulfonamides is 1. The van der Waals surface area contributed by atoms with Gasteiger partial charge in [-0.2, -0.15) is 0 Å². The van der Waals surface area contributed by atoms with Gasteiger partial charge in [0.25, 0.3) is 15.9 Å². The number of hydrogen-bond donors (Lipinski definition) is 3. The van der Waals surface area contributed by atoms with Crippen LogP contribution in [0, 0.1) is 0 Å². The second-order valence-electron chi connectivity index (χ2n) is 6.95. The zero-order valence-corrected chi connectivity index (χ0v) is 17.2. The maximum Gasteiger partial charge on any atom is 0.261 e. The van der Waals surface area contributed by atoms with Crippen LogP contribution in [0.15, 0.2) is 53.4 Å². The molecule has 1 amide bonds. The molecular weight excluding hydrogens is 398 g/mol. The summed E-state index contributed by atoms with van der Waals surface area (Å²) in [4.78, 5) is 13.9. The van der Waals surface area contributed by atoms with Crippen molar-refractivity contribution in [2.45, 2.75) is 24.2 Å². The van der Waals surface area contributed by atoms with Crippen molar-refractivity contribution in [1.29, 1.82) is 0 Å². The monoisotopic (exact) mass is 422 g/mol. The van der Waals surface area contributed by atoms with Gasteiger partial charge in [0.2, 0.25) is 0 Å². The number of halogens is 1. The van der Waals surface area contributed by atoms with E-state index in [1.165, 1.54) is 50.2 Å². The summed E-state index contributed by atoms with van der Waals surface area (Å²) in [6, 6.07) is 12.3. The van der Waals surface area contributed by atoms with Crippen molar-refractivity contribution in [3.63, 3.8) is 0 Å². The summed E-state index contributed by atoms with van der Waals surface area (Å²) in [5.74, 6) is -0.189. The van der Waals surface area contributed by atoms with Gasteiger partial charge in [0.1, 0.15) is 0 Å². The molecule has 150 valence electrons. The highest BCUT2D eigenvalue weighted by molar-refractivity contribution is 7.92. The number of quaternary nitrogens is 1. The van der Waals surface area contributed by atoms with Gasteiger partial charge >= 0.3 is 0 Å². The number of likely N-dealkylation sites (tertiary alicyclic amines) is 1. The third kappa shape index (κ3) is 5.70. The standard InChI is InChI=1S/C20H24ClN3O3S/c21-17-6-8-18(9-7-17)23-28(26,27)19-10-4-16(5-11-19)20(25)22-12-3-15-24-13-1-2-14-24/h4-11,23H,1-3,12-15H2,(H,22,25)/p+1. The van der Waals surface area contributed by atoms with Gasteiger partial charge in [-0.05, 0) is 48.5 Å². The first-order valence-electron chi connectivity index (χ1n) is 9.44. The lowest BCUT2D eigenvalue weighted by atomic mass is 10.2. The topological polar surface area (TPSA) is 79.7 Å². The van der Waals surface area contributed by atoms with Crippen LogP contribution in [-0.2, 0) is 10.0 Å². The molecule has 1 aliphatic heterocycles. The number of carbonyl (C=O) groups excluding carboxylic acids is 1. The minimum absolute atomic E-state index is 0.0941. The number of amides is 1. The molecule has 3 rings (SSSR count). The second-order valence-corrected chi connectivity index (χ2v) is 9.07. The molecule has 1 heterocycles. The number of rotatable bonds is 8. The molecule has 0 spiro atoms. The molecular formula is C20H25ClN3O3S+. The number of nitrogens with one attached hydrogen (secondary N) is 3. The van der Waals surface area contributed by atoms with Crippen LogP contribution < -0.4 is 14.9 Å². The van der Waals surface area contributed by atoms with Crippen LogP contribution in [-0.4, -0.2) is 40.5 Å². The van der Waals surface area contributed by atoms with Crippen LogP contribution in [0.3, 0.4) is 0 Å². The molecule has 0 saturated carbocycles. The Kier molecular flexibility index (Phi) is 6.93. The fourth-order valence-corrected chi connectivity index (χ4v) is 4.47. The third-order valence-electron chi connectivity index (χ3n) is 4.83. The zero-order valence-electron chi connectivity index (χ0n) is 15.6. The van der Waals surface area contributed by atoms with Crippen LogP contribution >= 0.6 is 11.6 Å². The van der Waals surface area contributed by atoms with Gasteiger partial charge in [0.15, 0.2) is 0 Å². The van der Waals surface area contributed by atoms with E-state index in [9.17, 15) is 13.2 Å². The number of anilines is 1. The Morgan fingerprint density at radius 2 is 1.64 bits per heavy atom. The van der Waals surface area contributed by atoms with Crippen molar-refractivity contribution >= 4 is 33.2 Å². The van der Waals surface area contributed by atoms with Crippen LogP contribution in [0.1, 0.15) is 29.6 Å². The first-order valence-corrected chi connectivity index (χ1v) is 11.3. The molecule has 2 aromatic carbocycles. The van der Waals surface area contributed by atoms with E-state index in [1.807, 2.05) is 0 Å². The van der Waals surface area contributed by atoms with E-state index in [0.717, 1.165) is 13.0 Å². The van der Waals surface area contributed by atoms with Gasteiger partial charge in [-0.15, -0.1) is 0 Å². The fourth-order valence-electron chi connectivity index (χ4n) is 3.28. The van der Waals surface area contributed by atoms with Crippen molar-refractivity contribution in [3.8, 4) is 0 Å². The average molecular weight is 423 g/mol. The van der Waals surface area contributed by atoms with E-state index < -0.39 is 10.0 Å². The highest BCUT2D eigenvalue weighted by Gasteiger charge is 2.16. The van der Waals surface area contributed by atoms with E-state index in [0.29, 0.717) is 22.8 Å². The SMILES string of the molecule is O=C(NCCC[NH+]1CCCC1)c1ccc(S(=O)(=O)Nc2ccc(Cl)cc2)cc1. The first-order chi connectivity index (χ1) is 13.4. The van der Waals surface area contributed by atoms with Gasteiger partial charge in [-0.3, -0.25) is 9.52 Å². The lowest BCUT2D eigenvalue weighted by molar-refractivity contribution is -0.887. The second kappa shape index (κ2) is 9.41. The van der Waals surface area contributed by atoms with E-state index in [4.69, 9.17) is 11.6 Å². The Bertz CT molecular complexity index is 893. The third-order valence-corrected chi connectivity index (χ3v) is 6.48. The molecule has 3 N–H and O–H groups in total. The maximum atomic E-state index is 12.5. The van der Waals surface area contributed by atoms with E-state index in [1.54, 1.807) is 29.2 Å². The van der Waals surface area contributed by atoms with Crippen LogP contribution in [0.5, 0.6) is 0 Å². The Morgan fingerprint density at radius 1 is 1.00 bits per heavy atom. The Morgan fingerprint density at radius 3 is 2.29 bits per heavy atom. The molecule has 0 atom stereocenters. The zero-order chi connectivity index (χ0) is 20.0. The van der Waals surface area contributed by atoms with Crippen LogP contribution in [0.4, 0.5) is 5.69 Å². The number of benzene rings is 2. The molecule has 0 unspecified atom stereocenters. The summed E-state index contributed by atoms with van der Waals surface area (Å²) in [5.41, 5.74) is 0.866. The molecule has 2 aromatic rings. The highest BCUT2D eigenvalue weighted by atomic mass is 35.5. The van der Waals surface area contributed by atoms with E-state index >= 15 is 0 Å². The Hall–Kier alpha value is -2.09. The average Bonchev–Trinajstić information content (AvgIpc) is 3.20. The predicted molar refractivity (Wildman–Crippen MR) is 110 cm³/mol.